The fourth-order valence-electron chi connectivity index (χ4n) is 2.94. The molecule has 0 saturated carbocycles. The number of methoxy groups -OCH3 is 4. The van der Waals surface area contributed by atoms with Gasteiger partial charge in [0.2, 0.25) is 0 Å². The van der Waals surface area contributed by atoms with Crippen LogP contribution in [0.4, 0.5) is 10.5 Å². The first-order valence-corrected chi connectivity index (χ1v) is 8.79. The Hall–Kier alpha value is -4.01. The summed E-state index contributed by atoms with van der Waals surface area (Å²) in [6, 6.07) is 8.67. The smallest absolute Gasteiger partial charge is 0.336 e. The van der Waals surface area contributed by atoms with E-state index in [0.29, 0.717) is 22.8 Å². The monoisotopic (exact) mass is 412 g/mol. The van der Waals surface area contributed by atoms with Crippen molar-refractivity contribution in [1.82, 2.24) is 5.32 Å². The first kappa shape index (κ1) is 20.7. The highest BCUT2D eigenvalue weighted by molar-refractivity contribution is 6.39. The Balaban J connectivity index is 2.09. The lowest BCUT2D eigenvalue weighted by Crippen LogP contribution is -2.54. The van der Waals surface area contributed by atoms with Gasteiger partial charge in [-0.25, -0.2) is 9.69 Å². The van der Waals surface area contributed by atoms with Crippen LogP contribution in [-0.4, -0.2) is 46.3 Å². The summed E-state index contributed by atoms with van der Waals surface area (Å²) in [7, 11) is 5.82. The van der Waals surface area contributed by atoms with Crippen LogP contribution < -0.4 is 29.2 Å². The average Bonchev–Trinajstić information content (AvgIpc) is 2.76. The van der Waals surface area contributed by atoms with E-state index in [9.17, 15) is 14.4 Å². The van der Waals surface area contributed by atoms with Crippen molar-refractivity contribution in [3.63, 3.8) is 0 Å². The summed E-state index contributed by atoms with van der Waals surface area (Å²) in [5.74, 6) is -0.0222. The largest absolute Gasteiger partial charge is 0.497 e. The summed E-state index contributed by atoms with van der Waals surface area (Å²) in [5, 5.41) is 2.17. The number of benzene rings is 2. The molecule has 4 amide bonds. The number of imide groups is 2. The summed E-state index contributed by atoms with van der Waals surface area (Å²) < 4.78 is 20.9. The average molecular weight is 412 g/mol. The van der Waals surface area contributed by atoms with Crippen molar-refractivity contribution < 1.29 is 33.3 Å². The van der Waals surface area contributed by atoms with E-state index in [2.05, 4.69) is 5.32 Å². The molecular formula is C21H20N2O7. The van der Waals surface area contributed by atoms with Gasteiger partial charge < -0.3 is 18.9 Å². The minimum absolute atomic E-state index is 0.138. The van der Waals surface area contributed by atoms with Gasteiger partial charge in [-0.05, 0) is 30.3 Å². The lowest BCUT2D eigenvalue weighted by Gasteiger charge is -2.27. The predicted octanol–water partition coefficient (Wildman–Crippen LogP) is 2.39. The number of carbonyl (C=O) groups is 3. The first-order valence-electron chi connectivity index (χ1n) is 8.79. The van der Waals surface area contributed by atoms with Crippen LogP contribution in [0.3, 0.4) is 0 Å². The molecule has 0 radical (unpaired) electrons. The molecule has 1 fully saturated rings. The van der Waals surface area contributed by atoms with Gasteiger partial charge in [0.25, 0.3) is 11.8 Å². The van der Waals surface area contributed by atoms with Crippen LogP contribution in [-0.2, 0) is 9.59 Å². The molecule has 30 heavy (non-hydrogen) atoms. The number of nitrogens with one attached hydrogen (secondary N) is 1. The number of anilines is 1. The van der Waals surface area contributed by atoms with E-state index in [4.69, 9.17) is 18.9 Å². The Labute approximate surface area is 172 Å². The van der Waals surface area contributed by atoms with E-state index in [-0.39, 0.29) is 17.0 Å². The van der Waals surface area contributed by atoms with Gasteiger partial charge in [-0.2, -0.15) is 0 Å². The third-order valence-electron chi connectivity index (χ3n) is 4.47. The highest BCUT2D eigenvalue weighted by Crippen LogP contribution is 2.35. The zero-order valence-electron chi connectivity index (χ0n) is 16.8. The maximum Gasteiger partial charge on any atom is 0.336 e. The van der Waals surface area contributed by atoms with Gasteiger partial charge in [0.05, 0.1) is 34.1 Å². The van der Waals surface area contributed by atoms with E-state index in [1.54, 1.807) is 30.3 Å². The van der Waals surface area contributed by atoms with Crippen molar-refractivity contribution in [2.75, 3.05) is 33.3 Å². The maximum atomic E-state index is 13.2. The van der Waals surface area contributed by atoms with E-state index in [0.717, 1.165) is 4.90 Å². The molecule has 9 nitrogen and oxygen atoms in total. The van der Waals surface area contributed by atoms with E-state index >= 15 is 0 Å². The van der Waals surface area contributed by atoms with Gasteiger partial charge in [-0.3, -0.25) is 14.9 Å². The van der Waals surface area contributed by atoms with Crippen molar-refractivity contribution in [2.45, 2.75) is 0 Å². The molecule has 1 N–H and O–H groups in total. The molecule has 0 aliphatic carbocycles. The Kier molecular flexibility index (Phi) is 5.91. The molecule has 2 aromatic carbocycles. The standard InChI is InChI=1S/C21H20N2O7/c1-27-13-7-8-17(29-3)16(10-13)23-20(25)15(19(24)22-21(23)26)9-12-5-6-14(28-2)11-18(12)30-4/h5-11H,1-4H3,(H,22,24,26)/b15-9+. The van der Waals surface area contributed by atoms with Gasteiger partial charge >= 0.3 is 6.03 Å². The van der Waals surface area contributed by atoms with Gasteiger partial charge in [0.15, 0.2) is 0 Å². The van der Waals surface area contributed by atoms with Gasteiger partial charge in [0, 0.05) is 17.7 Å². The third-order valence-corrected chi connectivity index (χ3v) is 4.47. The number of carbonyl (C=O) groups excluding carboxylic acids is 3. The number of ether oxygens (including phenoxy) is 4. The molecule has 2 aromatic rings. The Morgan fingerprint density at radius 1 is 0.800 bits per heavy atom. The molecular weight excluding hydrogens is 392 g/mol. The number of urea groups is 1. The summed E-state index contributed by atoms with van der Waals surface area (Å²) in [4.78, 5) is 38.9. The zero-order chi connectivity index (χ0) is 21.8. The minimum atomic E-state index is -0.893. The lowest BCUT2D eigenvalue weighted by molar-refractivity contribution is -0.122. The lowest BCUT2D eigenvalue weighted by atomic mass is 10.1. The molecule has 3 rings (SSSR count). The molecule has 9 heteroatoms. The predicted molar refractivity (Wildman–Crippen MR) is 108 cm³/mol. The molecule has 0 unspecified atom stereocenters. The fourth-order valence-corrected chi connectivity index (χ4v) is 2.94. The van der Waals surface area contributed by atoms with Crippen LogP contribution in [0.2, 0.25) is 0 Å². The molecule has 156 valence electrons. The Bertz CT molecular complexity index is 1050. The first-order chi connectivity index (χ1) is 14.4. The van der Waals surface area contributed by atoms with Crippen molar-refractivity contribution in [1.29, 1.82) is 0 Å². The number of rotatable bonds is 6. The van der Waals surface area contributed by atoms with E-state index in [1.807, 2.05) is 0 Å². The van der Waals surface area contributed by atoms with Crippen LogP contribution >= 0.6 is 0 Å². The second-order valence-corrected chi connectivity index (χ2v) is 6.10. The highest BCUT2D eigenvalue weighted by Gasteiger charge is 2.38. The summed E-state index contributed by atoms with van der Waals surface area (Å²) >= 11 is 0. The number of amides is 4. The Morgan fingerprint density at radius 3 is 2.07 bits per heavy atom. The van der Waals surface area contributed by atoms with Crippen LogP contribution in [0.25, 0.3) is 6.08 Å². The number of nitrogens with zero attached hydrogens (tertiary/aromatic N) is 1. The molecule has 1 heterocycles. The second-order valence-electron chi connectivity index (χ2n) is 6.10. The number of barbiturate groups is 1. The van der Waals surface area contributed by atoms with Crippen molar-refractivity contribution in [3.8, 4) is 23.0 Å². The van der Waals surface area contributed by atoms with Gasteiger partial charge in [-0.15, -0.1) is 0 Å². The van der Waals surface area contributed by atoms with Crippen molar-refractivity contribution in [3.05, 3.63) is 47.5 Å². The number of hydrogen-bond acceptors (Lipinski definition) is 7. The van der Waals surface area contributed by atoms with Gasteiger partial charge in [0.1, 0.15) is 28.6 Å². The minimum Gasteiger partial charge on any atom is -0.497 e. The van der Waals surface area contributed by atoms with Crippen LogP contribution in [0.1, 0.15) is 5.56 Å². The molecule has 1 saturated heterocycles. The molecule has 1 aliphatic rings. The van der Waals surface area contributed by atoms with Crippen molar-refractivity contribution >= 4 is 29.6 Å². The molecule has 0 aromatic heterocycles. The maximum absolute atomic E-state index is 13.2. The van der Waals surface area contributed by atoms with Crippen LogP contribution in [0.5, 0.6) is 23.0 Å². The normalized spacial score (nSPS) is 15.1. The summed E-state index contributed by atoms with van der Waals surface area (Å²) in [6.07, 6.45) is 1.35. The van der Waals surface area contributed by atoms with E-state index in [1.165, 1.54) is 40.6 Å². The third kappa shape index (κ3) is 3.77. The molecule has 1 aliphatic heterocycles. The molecule has 0 atom stereocenters. The molecule has 0 bridgehead atoms. The highest BCUT2D eigenvalue weighted by atomic mass is 16.5. The van der Waals surface area contributed by atoms with Crippen molar-refractivity contribution in [2.24, 2.45) is 0 Å². The number of hydrogen-bond donors (Lipinski definition) is 1. The molecule has 0 spiro atoms. The summed E-state index contributed by atoms with van der Waals surface area (Å²) in [6.45, 7) is 0. The quantitative estimate of drug-likeness (QED) is 0.574. The van der Waals surface area contributed by atoms with E-state index < -0.39 is 17.8 Å². The SMILES string of the molecule is COc1ccc(/C=C2\C(=O)NC(=O)N(c3cc(OC)ccc3OC)C2=O)c(OC)c1. The Morgan fingerprint density at radius 2 is 1.43 bits per heavy atom. The second kappa shape index (κ2) is 8.56. The van der Waals surface area contributed by atoms with Gasteiger partial charge in [-0.1, -0.05) is 0 Å². The summed E-state index contributed by atoms with van der Waals surface area (Å²) in [5.41, 5.74) is 0.353. The topological polar surface area (TPSA) is 103 Å². The fraction of sp³-hybridized carbons (Fsp3) is 0.190. The van der Waals surface area contributed by atoms with Crippen LogP contribution in [0.15, 0.2) is 42.0 Å². The zero-order valence-corrected chi connectivity index (χ0v) is 16.8. The van der Waals surface area contributed by atoms with Crippen LogP contribution in [0, 0.1) is 0 Å².